The number of fused-ring (bicyclic) bond motifs is 1. The fourth-order valence-corrected chi connectivity index (χ4v) is 5.92. The summed E-state index contributed by atoms with van der Waals surface area (Å²) in [6.45, 7) is 2.21. The predicted octanol–water partition coefficient (Wildman–Crippen LogP) is 4.05. The maximum atomic E-state index is 6.45. The Morgan fingerprint density at radius 2 is 1.67 bits per heavy atom. The average molecular weight is 306 g/mol. The third kappa shape index (κ3) is 3.32. The Labute approximate surface area is 130 Å². The minimum absolute atomic E-state index is 0.267. The summed E-state index contributed by atoms with van der Waals surface area (Å²) in [5.41, 5.74) is 1.36. The lowest BCUT2D eigenvalue weighted by Crippen LogP contribution is -2.37. The lowest BCUT2D eigenvalue weighted by molar-refractivity contribution is 0.219. The number of likely N-dealkylation sites (N-methyl/N-ethyl adjacent to an activating group) is 2. The van der Waals surface area contributed by atoms with Gasteiger partial charge in [0.05, 0.1) is 6.10 Å². The van der Waals surface area contributed by atoms with E-state index in [4.69, 9.17) is 4.52 Å². The van der Waals surface area contributed by atoms with Crippen LogP contribution < -0.4 is 0 Å². The van der Waals surface area contributed by atoms with E-state index in [0.717, 1.165) is 6.42 Å². The monoisotopic (exact) mass is 306 g/mol. The quantitative estimate of drug-likeness (QED) is 0.781. The Bertz CT molecular complexity index is 437. The largest absolute Gasteiger partial charge is 0.328 e. The van der Waals surface area contributed by atoms with Gasteiger partial charge in [-0.15, -0.1) is 0 Å². The molecule has 2 fully saturated rings. The van der Waals surface area contributed by atoms with E-state index in [0.29, 0.717) is 12.1 Å². The third-order valence-corrected chi connectivity index (χ3v) is 7.06. The van der Waals surface area contributed by atoms with Crippen LogP contribution >= 0.6 is 8.45 Å². The summed E-state index contributed by atoms with van der Waals surface area (Å²) in [5.74, 6) is 0. The Kier molecular flexibility index (Phi) is 4.96. The number of benzene rings is 1. The fourth-order valence-electron chi connectivity index (χ4n) is 3.73. The summed E-state index contributed by atoms with van der Waals surface area (Å²) in [5, 5.41) is 0. The maximum absolute atomic E-state index is 6.45. The molecule has 0 bridgehead atoms. The molecule has 1 saturated carbocycles. The lowest BCUT2D eigenvalue weighted by Gasteiger charge is -2.28. The van der Waals surface area contributed by atoms with Gasteiger partial charge < -0.3 is 4.52 Å². The molecule has 1 aliphatic heterocycles. The molecule has 0 unspecified atom stereocenters. The van der Waals surface area contributed by atoms with Crippen LogP contribution in [0, 0.1) is 0 Å². The fraction of sp³-hybridized carbons (Fsp3) is 0.647. The molecule has 1 aliphatic carbocycles. The second-order valence-corrected chi connectivity index (χ2v) is 8.40. The molecular formula is C17H27N2OP. The van der Waals surface area contributed by atoms with Crippen molar-refractivity contribution in [1.29, 1.82) is 0 Å². The number of hydrogen-bond donors (Lipinski definition) is 0. The number of hydrogen-bond acceptors (Lipinski definition) is 3. The van der Waals surface area contributed by atoms with Crippen LogP contribution in [0.1, 0.15) is 38.2 Å². The molecule has 1 aromatic rings. The molecular weight excluding hydrogens is 279 g/mol. The predicted molar refractivity (Wildman–Crippen MR) is 89.2 cm³/mol. The van der Waals surface area contributed by atoms with Gasteiger partial charge >= 0.3 is 0 Å². The highest BCUT2D eigenvalue weighted by Crippen LogP contribution is 2.56. The molecule has 21 heavy (non-hydrogen) atoms. The molecule has 3 rings (SSSR count). The van der Waals surface area contributed by atoms with Crippen molar-refractivity contribution in [3.05, 3.63) is 35.9 Å². The van der Waals surface area contributed by atoms with Crippen LogP contribution in [-0.2, 0) is 10.9 Å². The van der Waals surface area contributed by atoms with Crippen molar-refractivity contribution in [3.63, 3.8) is 0 Å². The topological polar surface area (TPSA) is 15.7 Å². The standard InChI is InChI=1S/C17H27N2OP/c1-14(13-15-9-5-4-6-10-15)20-21-18(2)16-11-7-8-12-17(16)19(21)3/h4-6,9-10,14,16-17H,7-8,11-13H2,1-3H3/t14-,16+,17+/m0/s1. The SMILES string of the molecule is C[C@@H](Cc1ccccc1)OP1N(C)[C@@H]2CCCC[C@H]2N1C. The van der Waals surface area contributed by atoms with Crippen molar-refractivity contribution in [3.8, 4) is 0 Å². The Morgan fingerprint density at radius 1 is 1.10 bits per heavy atom. The number of rotatable bonds is 4. The van der Waals surface area contributed by atoms with Crippen LogP contribution in [0.5, 0.6) is 0 Å². The zero-order valence-corrected chi connectivity index (χ0v) is 14.3. The first kappa shape index (κ1) is 15.4. The first-order valence-corrected chi connectivity index (χ1v) is 9.29. The van der Waals surface area contributed by atoms with Crippen LogP contribution in [-0.4, -0.2) is 41.6 Å². The molecule has 0 radical (unpaired) electrons. The summed E-state index contributed by atoms with van der Waals surface area (Å²) in [6.07, 6.45) is 6.69. The second-order valence-electron chi connectivity index (χ2n) is 6.42. The van der Waals surface area contributed by atoms with E-state index in [-0.39, 0.29) is 6.10 Å². The highest BCUT2D eigenvalue weighted by molar-refractivity contribution is 7.47. The van der Waals surface area contributed by atoms with Crippen molar-refractivity contribution in [2.24, 2.45) is 0 Å². The van der Waals surface area contributed by atoms with Gasteiger partial charge in [0, 0.05) is 12.1 Å². The molecule has 0 spiro atoms. The molecule has 3 atom stereocenters. The van der Waals surface area contributed by atoms with Gasteiger partial charge in [0.15, 0.2) is 8.45 Å². The van der Waals surface area contributed by atoms with Crippen LogP contribution in [0.25, 0.3) is 0 Å². The van der Waals surface area contributed by atoms with E-state index in [1.54, 1.807) is 0 Å². The van der Waals surface area contributed by atoms with Crippen molar-refractivity contribution in [2.45, 2.75) is 57.2 Å². The van der Waals surface area contributed by atoms with E-state index in [2.05, 4.69) is 60.7 Å². The smallest absolute Gasteiger partial charge is 0.188 e. The van der Waals surface area contributed by atoms with Crippen LogP contribution in [0.4, 0.5) is 0 Å². The normalized spacial score (nSPS) is 29.5. The summed E-state index contributed by atoms with van der Waals surface area (Å²) in [4.78, 5) is 0. The number of nitrogens with zero attached hydrogens (tertiary/aromatic N) is 2. The van der Waals surface area contributed by atoms with Crippen LogP contribution in [0.3, 0.4) is 0 Å². The molecule has 4 heteroatoms. The lowest BCUT2D eigenvalue weighted by atomic mass is 9.91. The van der Waals surface area contributed by atoms with Gasteiger partial charge in [-0.2, -0.15) is 0 Å². The van der Waals surface area contributed by atoms with Crippen molar-refractivity contribution in [2.75, 3.05) is 14.1 Å². The van der Waals surface area contributed by atoms with Gasteiger partial charge in [-0.1, -0.05) is 43.2 Å². The maximum Gasteiger partial charge on any atom is 0.188 e. The van der Waals surface area contributed by atoms with Gasteiger partial charge in [-0.25, -0.2) is 9.34 Å². The summed E-state index contributed by atoms with van der Waals surface area (Å²) in [6, 6.07) is 12.1. The van der Waals surface area contributed by atoms with Crippen LogP contribution in [0.15, 0.2) is 30.3 Å². The summed E-state index contributed by atoms with van der Waals surface area (Å²) < 4.78 is 11.5. The molecule has 1 saturated heterocycles. The molecule has 3 nitrogen and oxygen atoms in total. The van der Waals surface area contributed by atoms with E-state index in [1.807, 2.05) is 0 Å². The minimum atomic E-state index is -0.587. The van der Waals surface area contributed by atoms with Crippen molar-refractivity contribution in [1.82, 2.24) is 9.34 Å². The Morgan fingerprint density at radius 3 is 2.24 bits per heavy atom. The molecule has 116 valence electrons. The molecule has 1 aromatic carbocycles. The zero-order valence-electron chi connectivity index (χ0n) is 13.4. The van der Waals surface area contributed by atoms with E-state index in [9.17, 15) is 0 Å². The zero-order chi connectivity index (χ0) is 14.8. The Hall–Kier alpha value is -0.470. The highest BCUT2D eigenvalue weighted by Gasteiger charge is 2.45. The van der Waals surface area contributed by atoms with Gasteiger partial charge in [0.25, 0.3) is 0 Å². The van der Waals surface area contributed by atoms with Gasteiger partial charge in [-0.05, 0) is 45.8 Å². The molecule has 0 aromatic heterocycles. The van der Waals surface area contributed by atoms with E-state index in [1.165, 1.54) is 31.2 Å². The average Bonchev–Trinajstić information content (AvgIpc) is 2.74. The Balaban J connectivity index is 1.61. The molecule has 2 aliphatic rings. The first-order chi connectivity index (χ1) is 10.2. The third-order valence-electron chi connectivity index (χ3n) is 4.83. The minimum Gasteiger partial charge on any atom is -0.328 e. The molecule has 0 amide bonds. The van der Waals surface area contributed by atoms with Crippen molar-refractivity contribution >= 4 is 8.45 Å². The van der Waals surface area contributed by atoms with Gasteiger partial charge in [0.2, 0.25) is 0 Å². The van der Waals surface area contributed by atoms with Crippen LogP contribution in [0.2, 0.25) is 0 Å². The second kappa shape index (κ2) is 6.75. The van der Waals surface area contributed by atoms with E-state index < -0.39 is 8.45 Å². The van der Waals surface area contributed by atoms with Gasteiger partial charge in [0.1, 0.15) is 0 Å². The first-order valence-electron chi connectivity index (χ1n) is 8.13. The summed E-state index contributed by atoms with van der Waals surface area (Å²) in [7, 11) is 3.93. The van der Waals surface area contributed by atoms with Crippen molar-refractivity contribution < 1.29 is 4.52 Å². The molecule has 1 heterocycles. The summed E-state index contributed by atoms with van der Waals surface area (Å²) >= 11 is 0. The van der Waals surface area contributed by atoms with E-state index >= 15 is 0 Å². The molecule has 0 N–H and O–H groups in total. The highest BCUT2D eigenvalue weighted by atomic mass is 31.2. The van der Waals surface area contributed by atoms with Gasteiger partial charge in [-0.3, -0.25) is 0 Å².